The van der Waals surface area contributed by atoms with Gasteiger partial charge in [0.05, 0.1) is 0 Å². The fourth-order valence-electron chi connectivity index (χ4n) is 1.98. The van der Waals surface area contributed by atoms with Crippen LogP contribution in [0.4, 0.5) is 11.9 Å². The Morgan fingerprint density at radius 3 is 2.42 bits per heavy atom. The lowest BCUT2D eigenvalue weighted by Crippen LogP contribution is -2.11. The monoisotopic (exact) mass is 372 g/mol. The molecule has 0 spiro atoms. The number of esters is 1. The summed E-state index contributed by atoms with van der Waals surface area (Å²) in [7, 11) is 0. The average Bonchev–Trinajstić information content (AvgIpc) is 3.07. The number of hydrogen-bond acceptors (Lipinski definition) is 10. The molecule has 2 aromatic heterocycles. The molecule has 26 heavy (non-hydrogen) atoms. The van der Waals surface area contributed by atoms with E-state index in [1.807, 2.05) is 31.2 Å². The summed E-state index contributed by atoms with van der Waals surface area (Å²) in [5.41, 5.74) is 12.3. The van der Waals surface area contributed by atoms with E-state index in [2.05, 4.69) is 19.9 Å². The highest BCUT2D eigenvalue weighted by Gasteiger charge is 2.14. The number of anilines is 2. The highest BCUT2D eigenvalue weighted by molar-refractivity contribution is 7.09. The normalized spacial score (nSPS) is 10.5. The Morgan fingerprint density at radius 2 is 1.73 bits per heavy atom. The van der Waals surface area contributed by atoms with Gasteiger partial charge in [0.25, 0.3) is 0 Å². The van der Waals surface area contributed by atoms with E-state index >= 15 is 0 Å². The quantitative estimate of drug-likeness (QED) is 0.619. The minimum absolute atomic E-state index is 0.0345. The number of ether oxygens (including phenoxy) is 2. The predicted molar refractivity (Wildman–Crippen MR) is 95.4 cm³/mol. The molecule has 10 heteroatoms. The van der Waals surface area contributed by atoms with Gasteiger partial charge in [-0.2, -0.15) is 15.0 Å². The largest absolute Gasteiger partial charge is 0.486 e. The molecule has 0 aliphatic carbocycles. The van der Waals surface area contributed by atoms with E-state index in [0.717, 1.165) is 11.3 Å². The van der Waals surface area contributed by atoms with E-state index in [-0.39, 0.29) is 36.6 Å². The SMILES string of the molecule is Cc1ccc(OCc2nc(C(=O)OCc3nc(N)nc(N)n3)cs2)cc1. The van der Waals surface area contributed by atoms with Crippen LogP contribution < -0.4 is 16.2 Å². The van der Waals surface area contributed by atoms with E-state index in [0.29, 0.717) is 5.01 Å². The lowest BCUT2D eigenvalue weighted by atomic mass is 10.2. The van der Waals surface area contributed by atoms with E-state index < -0.39 is 5.97 Å². The van der Waals surface area contributed by atoms with Crippen LogP contribution >= 0.6 is 11.3 Å². The molecule has 0 fully saturated rings. The maximum Gasteiger partial charge on any atom is 0.358 e. The third-order valence-corrected chi connectivity index (χ3v) is 4.02. The van der Waals surface area contributed by atoms with Crippen molar-refractivity contribution in [3.63, 3.8) is 0 Å². The molecule has 9 nitrogen and oxygen atoms in total. The third kappa shape index (κ3) is 4.63. The number of carbonyl (C=O) groups excluding carboxylic acids is 1. The van der Waals surface area contributed by atoms with Crippen molar-refractivity contribution in [2.75, 3.05) is 11.5 Å². The number of carbonyl (C=O) groups is 1. The van der Waals surface area contributed by atoms with Crippen LogP contribution in [0.2, 0.25) is 0 Å². The summed E-state index contributed by atoms with van der Waals surface area (Å²) in [6, 6.07) is 7.68. The molecule has 0 aliphatic heterocycles. The Hall–Kier alpha value is -3.27. The van der Waals surface area contributed by atoms with Crippen LogP contribution in [0.25, 0.3) is 0 Å². The number of aromatic nitrogens is 4. The summed E-state index contributed by atoms with van der Waals surface area (Å²) in [4.78, 5) is 27.6. The Labute approximate surface area is 153 Å². The highest BCUT2D eigenvalue weighted by Crippen LogP contribution is 2.16. The van der Waals surface area contributed by atoms with Crippen molar-refractivity contribution >= 4 is 29.2 Å². The van der Waals surface area contributed by atoms with Gasteiger partial charge in [-0.25, -0.2) is 9.78 Å². The molecule has 0 unspecified atom stereocenters. The summed E-state index contributed by atoms with van der Waals surface area (Å²) in [6.45, 7) is 2.09. The van der Waals surface area contributed by atoms with Crippen LogP contribution in [0.15, 0.2) is 29.6 Å². The zero-order chi connectivity index (χ0) is 18.5. The molecule has 0 atom stereocenters. The van der Waals surface area contributed by atoms with Gasteiger partial charge in [-0.3, -0.25) is 0 Å². The molecule has 0 radical (unpaired) electrons. The molecule has 3 rings (SSSR count). The van der Waals surface area contributed by atoms with Crippen LogP contribution in [0.3, 0.4) is 0 Å². The molecular formula is C16H16N6O3S. The molecule has 4 N–H and O–H groups in total. The fourth-order valence-corrected chi connectivity index (χ4v) is 2.65. The Morgan fingerprint density at radius 1 is 1.04 bits per heavy atom. The standard InChI is InChI=1S/C16H16N6O3S/c1-9-2-4-10(5-3-9)24-7-13-19-11(8-26-13)14(23)25-6-12-20-15(17)22-16(18)21-12/h2-5,8H,6-7H2,1H3,(H4,17,18,20,21,22). The Kier molecular flexibility index (Phi) is 5.23. The van der Waals surface area contributed by atoms with Crippen LogP contribution in [0, 0.1) is 6.92 Å². The van der Waals surface area contributed by atoms with Gasteiger partial charge in [0.1, 0.15) is 17.4 Å². The van der Waals surface area contributed by atoms with E-state index in [1.54, 1.807) is 5.38 Å². The number of thiazole rings is 1. The molecular weight excluding hydrogens is 356 g/mol. The van der Waals surface area contributed by atoms with Crippen molar-refractivity contribution in [1.82, 2.24) is 19.9 Å². The van der Waals surface area contributed by atoms with Gasteiger partial charge in [0.15, 0.2) is 18.1 Å². The minimum Gasteiger partial charge on any atom is -0.486 e. The number of benzene rings is 1. The molecule has 0 amide bonds. The first kappa shape index (κ1) is 17.5. The van der Waals surface area contributed by atoms with Gasteiger partial charge in [-0.15, -0.1) is 11.3 Å². The zero-order valence-corrected chi connectivity index (χ0v) is 14.7. The maximum atomic E-state index is 12.1. The van der Waals surface area contributed by atoms with Gasteiger partial charge in [0.2, 0.25) is 11.9 Å². The van der Waals surface area contributed by atoms with Gasteiger partial charge in [-0.05, 0) is 19.1 Å². The zero-order valence-electron chi connectivity index (χ0n) is 13.9. The van der Waals surface area contributed by atoms with Crippen molar-refractivity contribution in [3.05, 3.63) is 51.7 Å². The Bertz CT molecular complexity index is 892. The second kappa shape index (κ2) is 7.74. The summed E-state index contributed by atoms with van der Waals surface area (Å²) in [5, 5.41) is 2.26. The topological polar surface area (TPSA) is 139 Å². The molecule has 3 aromatic rings. The maximum absolute atomic E-state index is 12.1. The van der Waals surface area contributed by atoms with Crippen molar-refractivity contribution in [2.45, 2.75) is 20.1 Å². The predicted octanol–water partition coefficient (Wildman–Crippen LogP) is 1.74. The van der Waals surface area contributed by atoms with E-state index in [4.69, 9.17) is 20.9 Å². The molecule has 1 aromatic carbocycles. The van der Waals surface area contributed by atoms with Crippen molar-refractivity contribution in [1.29, 1.82) is 0 Å². The van der Waals surface area contributed by atoms with Crippen LogP contribution in [-0.2, 0) is 18.0 Å². The van der Waals surface area contributed by atoms with Gasteiger partial charge in [0, 0.05) is 5.38 Å². The molecule has 2 heterocycles. The van der Waals surface area contributed by atoms with Crippen LogP contribution in [0.1, 0.15) is 26.9 Å². The number of nitrogen functional groups attached to an aromatic ring is 2. The highest BCUT2D eigenvalue weighted by atomic mass is 32.1. The molecule has 0 bridgehead atoms. The number of nitrogens with two attached hydrogens (primary N) is 2. The summed E-state index contributed by atoms with van der Waals surface area (Å²) in [5.74, 6) is 0.238. The number of rotatable bonds is 6. The van der Waals surface area contributed by atoms with Gasteiger partial charge >= 0.3 is 5.97 Å². The van der Waals surface area contributed by atoms with Crippen molar-refractivity contribution in [3.8, 4) is 5.75 Å². The number of hydrogen-bond donors (Lipinski definition) is 2. The third-order valence-electron chi connectivity index (χ3n) is 3.19. The van der Waals surface area contributed by atoms with Crippen LogP contribution in [-0.4, -0.2) is 25.9 Å². The summed E-state index contributed by atoms with van der Waals surface area (Å²) in [6.07, 6.45) is 0. The lowest BCUT2D eigenvalue weighted by Gasteiger charge is -2.04. The van der Waals surface area contributed by atoms with E-state index in [1.165, 1.54) is 11.3 Å². The van der Waals surface area contributed by atoms with Crippen molar-refractivity contribution < 1.29 is 14.3 Å². The number of nitrogens with zero attached hydrogens (tertiary/aromatic N) is 4. The second-order valence-corrected chi connectivity index (χ2v) is 6.22. The molecule has 0 saturated heterocycles. The fraction of sp³-hybridized carbons (Fsp3) is 0.188. The first-order valence-corrected chi connectivity index (χ1v) is 8.44. The first-order valence-electron chi connectivity index (χ1n) is 7.56. The lowest BCUT2D eigenvalue weighted by molar-refractivity contribution is 0.0455. The van der Waals surface area contributed by atoms with Gasteiger partial charge in [-0.1, -0.05) is 17.7 Å². The average molecular weight is 372 g/mol. The molecule has 0 aliphatic rings. The summed E-state index contributed by atoms with van der Waals surface area (Å²) < 4.78 is 10.8. The molecule has 134 valence electrons. The minimum atomic E-state index is -0.597. The summed E-state index contributed by atoms with van der Waals surface area (Å²) >= 11 is 1.31. The Balaban J connectivity index is 1.54. The van der Waals surface area contributed by atoms with Crippen molar-refractivity contribution in [2.24, 2.45) is 0 Å². The smallest absolute Gasteiger partial charge is 0.358 e. The van der Waals surface area contributed by atoms with Gasteiger partial charge < -0.3 is 20.9 Å². The van der Waals surface area contributed by atoms with E-state index in [9.17, 15) is 4.79 Å². The number of aryl methyl sites for hydroxylation is 1. The first-order chi connectivity index (χ1) is 12.5. The van der Waals surface area contributed by atoms with Crippen LogP contribution in [0.5, 0.6) is 5.75 Å². The second-order valence-electron chi connectivity index (χ2n) is 5.27. The molecule has 0 saturated carbocycles.